The quantitative estimate of drug-likeness (QED) is 0.785. The largest absolute Gasteiger partial charge is 0.495 e. The lowest BCUT2D eigenvalue weighted by molar-refractivity contribution is 0.0584. The molecule has 0 unspecified atom stereocenters. The van der Waals surface area contributed by atoms with Crippen LogP contribution in [0.4, 0.5) is 10.5 Å². The minimum Gasteiger partial charge on any atom is -0.495 e. The third-order valence-electron chi connectivity index (χ3n) is 2.24. The van der Waals surface area contributed by atoms with E-state index in [1.54, 1.807) is 40.0 Å². The van der Waals surface area contributed by atoms with E-state index in [1.807, 2.05) is 12.1 Å². The van der Waals surface area contributed by atoms with Crippen molar-refractivity contribution in [2.75, 3.05) is 18.6 Å². The van der Waals surface area contributed by atoms with Crippen molar-refractivity contribution in [3.63, 3.8) is 0 Å². The third kappa shape index (κ3) is 4.22. The summed E-state index contributed by atoms with van der Waals surface area (Å²) in [5.41, 5.74) is 0.0172. The predicted molar refractivity (Wildman–Crippen MR) is 75.4 cm³/mol. The highest BCUT2D eigenvalue weighted by Gasteiger charge is 2.24. The number of para-hydroxylation sites is 2. The molecule has 0 saturated carbocycles. The van der Waals surface area contributed by atoms with Gasteiger partial charge in [-0.25, -0.2) is 4.79 Å². The van der Waals surface area contributed by atoms with Gasteiger partial charge in [0.05, 0.1) is 19.3 Å². The van der Waals surface area contributed by atoms with Gasteiger partial charge < -0.3 is 9.47 Å². The molecule has 19 heavy (non-hydrogen) atoms. The van der Waals surface area contributed by atoms with Gasteiger partial charge in [0, 0.05) is 0 Å². The first kappa shape index (κ1) is 14.9. The molecule has 0 aliphatic rings. The molecule has 0 aromatic heterocycles. The first-order valence-corrected chi connectivity index (χ1v) is 5.96. The lowest BCUT2D eigenvalue weighted by atomic mass is 10.2. The fourth-order valence-corrected chi connectivity index (χ4v) is 1.51. The zero-order valence-electron chi connectivity index (χ0n) is 11.8. The van der Waals surface area contributed by atoms with E-state index in [1.165, 1.54) is 4.90 Å². The number of hydrogen-bond acceptors (Lipinski definition) is 3. The van der Waals surface area contributed by atoms with Crippen LogP contribution in [0.25, 0.3) is 0 Å². The van der Waals surface area contributed by atoms with E-state index in [0.717, 1.165) is 0 Å². The summed E-state index contributed by atoms with van der Waals surface area (Å²) in [5, 5.41) is 0. The molecule has 0 spiro atoms. The Hall–Kier alpha value is -2.15. The van der Waals surface area contributed by atoms with Crippen LogP contribution in [-0.4, -0.2) is 25.3 Å². The Morgan fingerprint density at radius 3 is 2.53 bits per heavy atom. The van der Waals surface area contributed by atoms with Gasteiger partial charge in [-0.15, -0.1) is 6.42 Å². The molecular weight excluding hydrogens is 242 g/mol. The van der Waals surface area contributed by atoms with Crippen LogP contribution in [0, 0.1) is 12.3 Å². The molecule has 1 amide bonds. The summed E-state index contributed by atoms with van der Waals surface area (Å²) in [6, 6.07) is 7.17. The SMILES string of the molecule is C#CCN(C(=O)OC(C)(C)C)c1ccccc1OC. The standard InChI is InChI=1S/C15H19NO3/c1-6-11-16(14(17)19-15(2,3)4)12-9-7-8-10-13(12)18-5/h1,7-10H,11H2,2-5H3. The van der Waals surface area contributed by atoms with Gasteiger partial charge in [-0.1, -0.05) is 18.1 Å². The Labute approximate surface area is 114 Å². The van der Waals surface area contributed by atoms with Crippen LogP contribution in [0.15, 0.2) is 24.3 Å². The number of nitrogens with zero attached hydrogens (tertiary/aromatic N) is 1. The molecule has 0 aliphatic heterocycles. The minimum absolute atomic E-state index is 0.120. The van der Waals surface area contributed by atoms with Gasteiger partial charge in [-0.05, 0) is 32.9 Å². The molecule has 1 rings (SSSR count). The number of ether oxygens (including phenoxy) is 2. The highest BCUT2D eigenvalue weighted by atomic mass is 16.6. The number of rotatable bonds is 3. The van der Waals surface area contributed by atoms with Crippen LogP contribution in [0.1, 0.15) is 20.8 Å². The van der Waals surface area contributed by atoms with Gasteiger partial charge in [0.15, 0.2) is 0 Å². The monoisotopic (exact) mass is 261 g/mol. The third-order valence-corrected chi connectivity index (χ3v) is 2.24. The maximum atomic E-state index is 12.2. The summed E-state index contributed by atoms with van der Waals surface area (Å²) in [6.45, 7) is 5.54. The second-order valence-electron chi connectivity index (χ2n) is 4.94. The Balaban J connectivity index is 3.07. The fourth-order valence-electron chi connectivity index (χ4n) is 1.51. The molecule has 4 heteroatoms. The van der Waals surface area contributed by atoms with Crippen LogP contribution >= 0.6 is 0 Å². The summed E-state index contributed by atoms with van der Waals surface area (Å²) in [4.78, 5) is 13.5. The lowest BCUT2D eigenvalue weighted by Crippen LogP contribution is -2.37. The van der Waals surface area contributed by atoms with Crippen molar-refractivity contribution in [1.29, 1.82) is 0 Å². The maximum absolute atomic E-state index is 12.2. The van der Waals surface area contributed by atoms with Crippen molar-refractivity contribution in [1.82, 2.24) is 0 Å². The van der Waals surface area contributed by atoms with Crippen molar-refractivity contribution in [3.05, 3.63) is 24.3 Å². The van der Waals surface area contributed by atoms with Crippen LogP contribution in [0.2, 0.25) is 0 Å². The van der Waals surface area contributed by atoms with E-state index in [-0.39, 0.29) is 6.54 Å². The van der Waals surface area contributed by atoms with Gasteiger partial charge >= 0.3 is 6.09 Å². The average Bonchev–Trinajstić information content (AvgIpc) is 2.33. The summed E-state index contributed by atoms with van der Waals surface area (Å²) in [5.74, 6) is 3.03. The van der Waals surface area contributed by atoms with E-state index >= 15 is 0 Å². The maximum Gasteiger partial charge on any atom is 0.415 e. The van der Waals surface area contributed by atoms with E-state index in [9.17, 15) is 4.79 Å². The van der Waals surface area contributed by atoms with E-state index < -0.39 is 11.7 Å². The van der Waals surface area contributed by atoms with Crippen LogP contribution in [0.5, 0.6) is 5.75 Å². The first-order chi connectivity index (χ1) is 8.89. The lowest BCUT2D eigenvalue weighted by Gasteiger charge is -2.27. The van der Waals surface area contributed by atoms with Crippen molar-refractivity contribution in [2.24, 2.45) is 0 Å². The number of benzene rings is 1. The highest BCUT2D eigenvalue weighted by molar-refractivity contribution is 5.90. The number of hydrogen-bond donors (Lipinski definition) is 0. The molecule has 0 bridgehead atoms. The number of terminal acetylenes is 1. The van der Waals surface area contributed by atoms with Gasteiger partial charge in [0.25, 0.3) is 0 Å². The molecular formula is C15H19NO3. The van der Waals surface area contributed by atoms with Gasteiger partial charge in [0.2, 0.25) is 0 Å². The number of amides is 1. The van der Waals surface area contributed by atoms with Gasteiger partial charge in [-0.3, -0.25) is 4.90 Å². The van der Waals surface area contributed by atoms with Crippen LogP contribution < -0.4 is 9.64 Å². The molecule has 1 aromatic rings. The predicted octanol–water partition coefficient (Wildman–Crippen LogP) is 3.07. The molecule has 0 aliphatic carbocycles. The molecule has 1 aromatic carbocycles. The zero-order valence-corrected chi connectivity index (χ0v) is 11.8. The minimum atomic E-state index is -0.577. The Kier molecular flexibility index (Phi) is 4.82. The molecule has 0 fully saturated rings. The van der Waals surface area contributed by atoms with E-state index in [2.05, 4.69) is 5.92 Å². The fraction of sp³-hybridized carbons (Fsp3) is 0.400. The Bertz CT molecular complexity index is 483. The molecule has 0 N–H and O–H groups in total. The summed E-state index contributed by atoms with van der Waals surface area (Å²) >= 11 is 0. The summed E-state index contributed by atoms with van der Waals surface area (Å²) < 4.78 is 10.6. The van der Waals surface area contributed by atoms with Crippen LogP contribution in [0.3, 0.4) is 0 Å². The summed E-state index contributed by atoms with van der Waals surface area (Å²) in [6.07, 6.45) is 4.83. The highest BCUT2D eigenvalue weighted by Crippen LogP contribution is 2.28. The molecule has 0 atom stereocenters. The topological polar surface area (TPSA) is 38.8 Å². The van der Waals surface area contributed by atoms with Crippen LogP contribution in [-0.2, 0) is 4.74 Å². The number of carbonyl (C=O) groups excluding carboxylic acids is 1. The number of anilines is 1. The van der Waals surface area contributed by atoms with Gasteiger partial charge in [-0.2, -0.15) is 0 Å². The molecule has 4 nitrogen and oxygen atoms in total. The van der Waals surface area contributed by atoms with Gasteiger partial charge in [0.1, 0.15) is 11.4 Å². The normalized spacial score (nSPS) is 10.5. The second-order valence-corrected chi connectivity index (χ2v) is 4.94. The molecule has 0 radical (unpaired) electrons. The zero-order chi connectivity index (χ0) is 14.5. The number of carbonyl (C=O) groups is 1. The first-order valence-electron chi connectivity index (χ1n) is 5.96. The molecule has 0 saturated heterocycles. The average molecular weight is 261 g/mol. The van der Waals surface area contributed by atoms with E-state index in [4.69, 9.17) is 15.9 Å². The number of methoxy groups -OCH3 is 1. The van der Waals surface area contributed by atoms with Crippen molar-refractivity contribution in [2.45, 2.75) is 26.4 Å². The van der Waals surface area contributed by atoms with Crippen molar-refractivity contribution in [3.8, 4) is 18.1 Å². The molecule has 102 valence electrons. The smallest absolute Gasteiger partial charge is 0.415 e. The summed E-state index contributed by atoms with van der Waals surface area (Å²) in [7, 11) is 1.54. The second kappa shape index (κ2) is 6.14. The Morgan fingerprint density at radius 2 is 2.00 bits per heavy atom. The van der Waals surface area contributed by atoms with Crippen molar-refractivity contribution >= 4 is 11.8 Å². The van der Waals surface area contributed by atoms with E-state index in [0.29, 0.717) is 11.4 Å². The molecule has 0 heterocycles. The Morgan fingerprint density at radius 1 is 1.37 bits per heavy atom. The van der Waals surface area contributed by atoms with Crippen molar-refractivity contribution < 1.29 is 14.3 Å².